The summed E-state index contributed by atoms with van der Waals surface area (Å²) in [6.07, 6.45) is -3.28. The van der Waals surface area contributed by atoms with Crippen LogP contribution in [0.15, 0.2) is 24.8 Å². The van der Waals surface area contributed by atoms with E-state index in [0.29, 0.717) is 23.5 Å². The molecule has 128 valence electrons. The molecule has 7 heteroatoms. The lowest BCUT2D eigenvalue weighted by Crippen LogP contribution is -2.30. The Kier molecular flexibility index (Phi) is 6.48. The maximum Gasteiger partial charge on any atom is 0.390 e. The third-order valence-electron chi connectivity index (χ3n) is 3.24. The van der Waals surface area contributed by atoms with E-state index in [1.807, 2.05) is 0 Å². The van der Waals surface area contributed by atoms with Gasteiger partial charge in [0.2, 0.25) is 0 Å². The second-order valence-corrected chi connectivity index (χ2v) is 4.96. The third kappa shape index (κ3) is 5.19. The van der Waals surface area contributed by atoms with Crippen LogP contribution in [0.5, 0.6) is 11.5 Å². The van der Waals surface area contributed by atoms with E-state index in [1.165, 1.54) is 27.3 Å². The summed E-state index contributed by atoms with van der Waals surface area (Å²) in [7, 11) is 4.23. The number of rotatable bonds is 7. The van der Waals surface area contributed by atoms with Gasteiger partial charge in [0, 0.05) is 24.7 Å². The molecule has 0 spiro atoms. The Bertz CT molecular complexity index is 570. The fourth-order valence-corrected chi connectivity index (χ4v) is 2.09. The fraction of sp³-hybridized carbons (Fsp3) is 0.438. The molecule has 23 heavy (non-hydrogen) atoms. The molecule has 0 bridgehead atoms. The van der Waals surface area contributed by atoms with Gasteiger partial charge in [0.1, 0.15) is 0 Å². The Hall–Kier alpha value is -2.18. The average Bonchev–Trinajstić information content (AvgIpc) is 2.50. The molecule has 0 heterocycles. The van der Waals surface area contributed by atoms with E-state index in [4.69, 9.17) is 9.47 Å². The van der Waals surface area contributed by atoms with Gasteiger partial charge in [-0.3, -0.25) is 4.79 Å². The first kappa shape index (κ1) is 18.9. The van der Waals surface area contributed by atoms with Crippen LogP contribution in [0, 0.1) is 0 Å². The fourth-order valence-electron chi connectivity index (χ4n) is 2.09. The molecule has 0 N–H and O–H groups in total. The van der Waals surface area contributed by atoms with Crippen molar-refractivity contribution in [1.82, 2.24) is 4.90 Å². The van der Waals surface area contributed by atoms with Crippen LogP contribution in [0.4, 0.5) is 13.2 Å². The molecule has 0 saturated heterocycles. The first-order valence-electron chi connectivity index (χ1n) is 6.91. The van der Waals surface area contributed by atoms with Gasteiger partial charge in [-0.15, -0.1) is 6.58 Å². The summed E-state index contributed by atoms with van der Waals surface area (Å²) in [5.41, 5.74) is 0.915. The van der Waals surface area contributed by atoms with E-state index in [9.17, 15) is 18.0 Å². The maximum absolute atomic E-state index is 12.3. The molecule has 0 fully saturated rings. The zero-order valence-electron chi connectivity index (χ0n) is 13.4. The molecule has 0 aliphatic rings. The van der Waals surface area contributed by atoms with Crippen LogP contribution in [0.1, 0.15) is 22.3 Å². The molecule has 0 aromatic heterocycles. The minimum absolute atomic E-state index is 0.240. The van der Waals surface area contributed by atoms with E-state index >= 15 is 0 Å². The molecule has 4 nitrogen and oxygen atoms in total. The summed E-state index contributed by atoms with van der Waals surface area (Å²) in [5.74, 6) is 0.307. The lowest BCUT2D eigenvalue weighted by atomic mass is 10.0. The molecule has 1 aromatic rings. The number of hydrogen-bond acceptors (Lipinski definition) is 3. The summed E-state index contributed by atoms with van der Waals surface area (Å²) >= 11 is 0. The molecule has 0 radical (unpaired) electrons. The largest absolute Gasteiger partial charge is 0.493 e. The number of allylic oxidation sites excluding steroid dienone is 1. The smallest absolute Gasteiger partial charge is 0.390 e. The minimum atomic E-state index is -4.31. The van der Waals surface area contributed by atoms with Crippen LogP contribution >= 0.6 is 0 Å². The quantitative estimate of drug-likeness (QED) is 0.718. The average molecular weight is 331 g/mol. The molecule has 1 rings (SSSR count). The zero-order chi connectivity index (χ0) is 17.6. The second-order valence-electron chi connectivity index (χ2n) is 4.96. The zero-order valence-corrected chi connectivity index (χ0v) is 13.4. The number of alkyl halides is 3. The van der Waals surface area contributed by atoms with Crippen molar-refractivity contribution >= 4 is 5.91 Å². The number of benzene rings is 1. The van der Waals surface area contributed by atoms with E-state index in [1.54, 1.807) is 12.1 Å². The van der Waals surface area contributed by atoms with Gasteiger partial charge in [-0.05, 0) is 18.6 Å². The highest BCUT2D eigenvalue weighted by atomic mass is 19.4. The molecular weight excluding hydrogens is 311 g/mol. The van der Waals surface area contributed by atoms with Gasteiger partial charge in [0.15, 0.2) is 11.5 Å². The van der Waals surface area contributed by atoms with E-state index in [0.717, 1.165) is 4.90 Å². The van der Waals surface area contributed by atoms with Crippen molar-refractivity contribution in [3.8, 4) is 11.5 Å². The number of carbonyl (C=O) groups is 1. The van der Waals surface area contributed by atoms with E-state index < -0.39 is 25.0 Å². The number of methoxy groups -OCH3 is 2. The maximum atomic E-state index is 12.3. The third-order valence-corrected chi connectivity index (χ3v) is 3.24. The first-order valence-corrected chi connectivity index (χ1v) is 6.91. The predicted octanol–water partition coefficient (Wildman–Crippen LogP) is 3.46. The highest BCUT2D eigenvalue weighted by Gasteiger charge is 2.28. The van der Waals surface area contributed by atoms with Crippen molar-refractivity contribution in [3.63, 3.8) is 0 Å². The highest BCUT2D eigenvalue weighted by molar-refractivity contribution is 5.95. The standard InChI is InChI=1S/C16H20F3NO3/c1-5-6-11-9-12(10-13(22-3)14(11)23-4)15(21)20(2)8-7-16(17,18)19/h5,9-10H,1,6-8H2,2-4H3. The number of halogens is 3. The summed E-state index contributed by atoms with van der Waals surface area (Å²) in [5, 5.41) is 0. The summed E-state index contributed by atoms with van der Waals surface area (Å²) < 4.78 is 47.3. The Morgan fingerprint density at radius 2 is 1.96 bits per heavy atom. The number of ether oxygens (including phenoxy) is 2. The van der Waals surface area contributed by atoms with Gasteiger partial charge in [-0.2, -0.15) is 13.2 Å². The second kappa shape index (κ2) is 7.89. The van der Waals surface area contributed by atoms with Crippen LogP contribution in [0.2, 0.25) is 0 Å². The number of amides is 1. The number of hydrogen-bond donors (Lipinski definition) is 0. The van der Waals surface area contributed by atoms with Crippen LogP contribution in [0.3, 0.4) is 0 Å². The molecule has 1 aromatic carbocycles. The Labute approximate surface area is 133 Å². The number of carbonyl (C=O) groups excluding carboxylic acids is 1. The molecule has 0 unspecified atom stereocenters. The minimum Gasteiger partial charge on any atom is -0.493 e. The van der Waals surface area contributed by atoms with Crippen molar-refractivity contribution < 1.29 is 27.4 Å². The molecular formula is C16H20F3NO3. The SMILES string of the molecule is C=CCc1cc(C(=O)N(C)CCC(F)(F)F)cc(OC)c1OC. The van der Waals surface area contributed by atoms with E-state index in [2.05, 4.69) is 6.58 Å². The van der Waals surface area contributed by atoms with Crippen LogP contribution in [-0.2, 0) is 6.42 Å². The molecule has 0 aliphatic heterocycles. The van der Waals surface area contributed by atoms with Gasteiger partial charge in [0.25, 0.3) is 5.91 Å². The van der Waals surface area contributed by atoms with Crippen molar-refractivity contribution in [1.29, 1.82) is 0 Å². The van der Waals surface area contributed by atoms with Crippen molar-refractivity contribution in [2.45, 2.75) is 19.0 Å². The topological polar surface area (TPSA) is 38.8 Å². The first-order chi connectivity index (χ1) is 10.7. The van der Waals surface area contributed by atoms with Crippen molar-refractivity contribution in [2.75, 3.05) is 27.8 Å². The Morgan fingerprint density at radius 3 is 2.43 bits per heavy atom. The number of nitrogens with zero attached hydrogens (tertiary/aromatic N) is 1. The summed E-state index contributed by atoms with van der Waals surface area (Å²) in [4.78, 5) is 13.4. The van der Waals surface area contributed by atoms with Crippen molar-refractivity contribution in [3.05, 3.63) is 35.9 Å². The van der Waals surface area contributed by atoms with Gasteiger partial charge >= 0.3 is 6.18 Å². The van der Waals surface area contributed by atoms with Gasteiger partial charge in [0.05, 0.1) is 20.6 Å². The predicted molar refractivity (Wildman–Crippen MR) is 81.1 cm³/mol. The van der Waals surface area contributed by atoms with Crippen LogP contribution in [-0.4, -0.2) is 44.8 Å². The lowest BCUT2D eigenvalue weighted by Gasteiger charge is -2.20. The molecule has 0 atom stereocenters. The Balaban J connectivity index is 3.08. The van der Waals surface area contributed by atoms with Gasteiger partial charge in [-0.25, -0.2) is 0 Å². The van der Waals surface area contributed by atoms with Gasteiger partial charge < -0.3 is 14.4 Å². The Morgan fingerprint density at radius 1 is 1.30 bits per heavy atom. The monoisotopic (exact) mass is 331 g/mol. The summed E-state index contributed by atoms with van der Waals surface area (Å²) in [6, 6.07) is 3.04. The van der Waals surface area contributed by atoms with Crippen LogP contribution < -0.4 is 9.47 Å². The molecule has 1 amide bonds. The van der Waals surface area contributed by atoms with E-state index in [-0.39, 0.29) is 5.56 Å². The summed E-state index contributed by atoms with van der Waals surface area (Å²) in [6.45, 7) is 3.23. The lowest BCUT2D eigenvalue weighted by molar-refractivity contribution is -0.136. The van der Waals surface area contributed by atoms with Crippen LogP contribution in [0.25, 0.3) is 0 Å². The van der Waals surface area contributed by atoms with Crippen molar-refractivity contribution in [2.24, 2.45) is 0 Å². The normalized spacial score (nSPS) is 11.0. The highest BCUT2D eigenvalue weighted by Crippen LogP contribution is 2.33. The van der Waals surface area contributed by atoms with Gasteiger partial charge in [-0.1, -0.05) is 6.08 Å². The molecule has 0 saturated carbocycles. The molecule has 0 aliphatic carbocycles.